The molecule has 0 amide bonds. The average Bonchev–Trinajstić information content (AvgIpc) is 3.09. The normalized spacial score (nSPS) is 14.9. The third kappa shape index (κ3) is 3.75. The van der Waals surface area contributed by atoms with E-state index in [0.717, 1.165) is 22.3 Å². The Balaban J connectivity index is 1.82. The van der Waals surface area contributed by atoms with Gasteiger partial charge in [-0.3, -0.25) is 0 Å². The number of phenols is 6. The number of hydrogen-bond donors (Lipinski definition) is 6. The Labute approximate surface area is 195 Å². The van der Waals surface area contributed by atoms with Gasteiger partial charge in [-0.2, -0.15) is 0 Å². The summed E-state index contributed by atoms with van der Waals surface area (Å²) in [4.78, 5) is 0. The van der Waals surface area contributed by atoms with E-state index in [-0.39, 0.29) is 34.5 Å². The Morgan fingerprint density at radius 1 is 0.559 bits per heavy atom. The molecule has 170 valence electrons. The maximum absolute atomic E-state index is 10.9. The van der Waals surface area contributed by atoms with Gasteiger partial charge < -0.3 is 30.6 Å². The van der Waals surface area contributed by atoms with Gasteiger partial charge >= 0.3 is 0 Å². The number of hydrogen-bond acceptors (Lipinski definition) is 6. The molecule has 0 unspecified atom stereocenters. The highest BCUT2D eigenvalue weighted by molar-refractivity contribution is 6.03. The highest BCUT2D eigenvalue weighted by Gasteiger charge is 2.36. The molecular formula is C28H22O6. The van der Waals surface area contributed by atoms with Crippen molar-refractivity contribution in [3.63, 3.8) is 0 Å². The van der Waals surface area contributed by atoms with Crippen LogP contribution >= 0.6 is 0 Å². The SMILES string of the molecule is Oc1ccc(CC2=C(c3cc(O)cc(O)c3)[C@@H](c3ccc(O)cc3)c3c(O)cc(O)cc32)cc1. The third-order valence-electron chi connectivity index (χ3n) is 6.13. The van der Waals surface area contributed by atoms with E-state index in [2.05, 4.69) is 0 Å². The largest absolute Gasteiger partial charge is 0.508 e. The fraction of sp³-hybridized carbons (Fsp3) is 0.0714. The van der Waals surface area contributed by atoms with Crippen LogP contribution in [-0.2, 0) is 6.42 Å². The lowest BCUT2D eigenvalue weighted by Crippen LogP contribution is -2.02. The number of phenolic OH excluding ortho intramolecular Hbond substituents is 6. The topological polar surface area (TPSA) is 121 Å². The van der Waals surface area contributed by atoms with Gasteiger partial charge in [-0.15, -0.1) is 0 Å². The van der Waals surface area contributed by atoms with Crippen LogP contribution in [0.4, 0.5) is 0 Å². The van der Waals surface area contributed by atoms with Crippen LogP contribution in [0.25, 0.3) is 11.1 Å². The summed E-state index contributed by atoms with van der Waals surface area (Å²) in [5.41, 5.74) is 4.96. The van der Waals surface area contributed by atoms with Crippen molar-refractivity contribution in [1.82, 2.24) is 0 Å². The molecule has 0 heterocycles. The van der Waals surface area contributed by atoms with E-state index in [4.69, 9.17) is 0 Å². The first-order chi connectivity index (χ1) is 16.3. The Morgan fingerprint density at radius 2 is 1.12 bits per heavy atom. The summed E-state index contributed by atoms with van der Waals surface area (Å²) in [6.07, 6.45) is 0.399. The fourth-order valence-electron chi connectivity index (χ4n) is 4.74. The van der Waals surface area contributed by atoms with Gasteiger partial charge in [0.25, 0.3) is 0 Å². The number of aromatic hydroxyl groups is 6. The lowest BCUT2D eigenvalue weighted by molar-refractivity contribution is 0.446. The molecule has 0 aromatic heterocycles. The van der Waals surface area contributed by atoms with Crippen LogP contribution in [0.1, 0.15) is 33.7 Å². The van der Waals surface area contributed by atoms with Gasteiger partial charge in [0, 0.05) is 23.6 Å². The van der Waals surface area contributed by atoms with Crippen LogP contribution in [0, 0.1) is 0 Å². The van der Waals surface area contributed by atoms with Crippen molar-refractivity contribution in [3.05, 3.63) is 107 Å². The van der Waals surface area contributed by atoms with Crippen LogP contribution in [-0.4, -0.2) is 30.6 Å². The zero-order valence-corrected chi connectivity index (χ0v) is 18.0. The van der Waals surface area contributed by atoms with Crippen molar-refractivity contribution >= 4 is 11.1 Å². The van der Waals surface area contributed by atoms with Crippen LogP contribution in [0.15, 0.2) is 78.9 Å². The molecule has 4 aromatic carbocycles. The molecule has 0 fully saturated rings. The van der Waals surface area contributed by atoms with Crippen molar-refractivity contribution < 1.29 is 30.6 Å². The van der Waals surface area contributed by atoms with E-state index < -0.39 is 5.92 Å². The third-order valence-corrected chi connectivity index (χ3v) is 6.13. The molecule has 0 spiro atoms. The molecule has 0 saturated carbocycles. The second-order valence-corrected chi connectivity index (χ2v) is 8.42. The van der Waals surface area contributed by atoms with Crippen molar-refractivity contribution in [2.75, 3.05) is 0 Å². The molecule has 0 bridgehead atoms. The maximum Gasteiger partial charge on any atom is 0.124 e. The summed E-state index contributed by atoms with van der Waals surface area (Å²) in [6.45, 7) is 0. The summed E-state index contributed by atoms with van der Waals surface area (Å²) >= 11 is 0. The molecule has 6 heteroatoms. The van der Waals surface area contributed by atoms with Gasteiger partial charge in [0.1, 0.15) is 34.5 Å². The van der Waals surface area contributed by atoms with Crippen molar-refractivity contribution in [2.45, 2.75) is 12.3 Å². The summed E-state index contributed by atoms with van der Waals surface area (Å²) in [6, 6.07) is 20.6. The molecule has 0 aliphatic heterocycles. The molecule has 6 N–H and O–H groups in total. The number of benzene rings is 4. The van der Waals surface area contributed by atoms with E-state index >= 15 is 0 Å². The number of allylic oxidation sites excluding steroid dienone is 2. The molecular weight excluding hydrogens is 432 g/mol. The smallest absolute Gasteiger partial charge is 0.124 e. The van der Waals surface area contributed by atoms with Gasteiger partial charge in [-0.1, -0.05) is 24.3 Å². The number of rotatable bonds is 4. The molecule has 6 nitrogen and oxygen atoms in total. The van der Waals surface area contributed by atoms with Gasteiger partial charge in [0.15, 0.2) is 0 Å². The molecule has 5 rings (SSSR count). The Bertz CT molecular complexity index is 1400. The first-order valence-corrected chi connectivity index (χ1v) is 10.7. The summed E-state index contributed by atoms with van der Waals surface area (Å²) in [5, 5.41) is 61.2. The lowest BCUT2D eigenvalue weighted by Gasteiger charge is -2.20. The minimum Gasteiger partial charge on any atom is -0.508 e. The minimum atomic E-state index is -0.496. The van der Waals surface area contributed by atoms with E-state index in [0.29, 0.717) is 23.1 Å². The Morgan fingerprint density at radius 3 is 1.74 bits per heavy atom. The Kier molecular flexibility index (Phi) is 5.06. The Hall–Kier alpha value is -4.58. The fourth-order valence-corrected chi connectivity index (χ4v) is 4.74. The highest BCUT2D eigenvalue weighted by atomic mass is 16.3. The second kappa shape index (κ2) is 8.08. The zero-order chi connectivity index (χ0) is 24.0. The average molecular weight is 454 g/mol. The second-order valence-electron chi connectivity index (χ2n) is 8.42. The van der Waals surface area contributed by atoms with Gasteiger partial charge in [0.05, 0.1) is 0 Å². The predicted octanol–water partition coefficient (Wildman–Crippen LogP) is 5.22. The van der Waals surface area contributed by atoms with Crippen LogP contribution in [0.2, 0.25) is 0 Å². The van der Waals surface area contributed by atoms with Crippen molar-refractivity contribution in [3.8, 4) is 34.5 Å². The maximum atomic E-state index is 10.9. The quantitative estimate of drug-likeness (QED) is 0.251. The summed E-state index contributed by atoms with van der Waals surface area (Å²) in [7, 11) is 0. The molecule has 0 saturated heterocycles. The lowest BCUT2D eigenvalue weighted by atomic mass is 9.84. The zero-order valence-electron chi connectivity index (χ0n) is 18.0. The highest BCUT2D eigenvalue weighted by Crippen LogP contribution is 2.55. The van der Waals surface area contributed by atoms with E-state index in [1.54, 1.807) is 66.7 Å². The van der Waals surface area contributed by atoms with E-state index in [1.165, 1.54) is 12.1 Å². The number of fused-ring (bicyclic) bond motifs is 1. The first-order valence-electron chi connectivity index (χ1n) is 10.7. The van der Waals surface area contributed by atoms with Crippen LogP contribution < -0.4 is 0 Å². The van der Waals surface area contributed by atoms with E-state index in [9.17, 15) is 30.6 Å². The van der Waals surface area contributed by atoms with Crippen molar-refractivity contribution in [2.24, 2.45) is 0 Å². The molecule has 1 atom stereocenters. The predicted molar refractivity (Wildman–Crippen MR) is 128 cm³/mol. The first kappa shape index (κ1) is 21.3. The molecule has 4 aromatic rings. The van der Waals surface area contributed by atoms with Crippen molar-refractivity contribution in [1.29, 1.82) is 0 Å². The molecule has 34 heavy (non-hydrogen) atoms. The van der Waals surface area contributed by atoms with Gasteiger partial charge in [-0.25, -0.2) is 0 Å². The monoisotopic (exact) mass is 454 g/mol. The van der Waals surface area contributed by atoms with E-state index in [1.807, 2.05) is 0 Å². The molecule has 0 radical (unpaired) electrons. The van der Waals surface area contributed by atoms with Gasteiger partial charge in [-0.05, 0) is 82.3 Å². The molecule has 1 aliphatic rings. The standard InChI is InChI=1S/C28H22O6/c29-18-5-1-15(2-6-18)9-23-24-13-22(33)14-25(34)28(24)27(16-3-7-19(30)8-4-16)26(23)17-10-20(31)12-21(32)11-17/h1-8,10-14,27,29-34H,9H2/t27-/m1/s1. The van der Waals surface area contributed by atoms with Gasteiger partial charge in [0.2, 0.25) is 0 Å². The molecule has 1 aliphatic carbocycles. The van der Waals surface area contributed by atoms with Crippen LogP contribution in [0.5, 0.6) is 34.5 Å². The summed E-state index contributed by atoms with van der Waals surface area (Å²) in [5.74, 6) is -0.663. The van der Waals surface area contributed by atoms with Crippen LogP contribution in [0.3, 0.4) is 0 Å². The minimum absolute atomic E-state index is 0.0874. The summed E-state index contributed by atoms with van der Waals surface area (Å²) < 4.78 is 0.